The third-order valence-corrected chi connectivity index (χ3v) is 5.47. The number of nitrogens with zero attached hydrogens (tertiary/aromatic N) is 5. The summed E-state index contributed by atoms with van der Waals surface area (Å²) in [6, 6.07) is 5.39. The predicted octanol–water partition coefficient (Wildman–Crippen LogP) is 4.13. The predicted molar refractivity (Wildman–Crippen MR) is 108 cm³/mol. The van der Waals surface area contributed by atoms with E-state index in [1.807, 2.05) is 19.9 Å². The number of benzene rings is 1. The lowest BCUT2D eigenvalue weighted by Gasteiger charge is -2.24. The zero-order valence-electron chi connectivity index (χ0n) is 15.5. The smallest absolute Gasteiger partial charge is 0.305 e. The molecule has 0 unspecified atom stereocenters. The fraction of sp³-hybridized carbons (Fsp3) is 0.412. The minimum absolute atomic E-state index is 0.0741. The molecule has 2 rings (SSSR count). The number of carboxylic acids is 2. The molecule has 9 nitrogen and oxygen atoms in total. The Bertz CT molecular complexity index is 838. The lowest BCUT2D eigenvalue weighted by molar-refractivity contribution is -0.137. The van der Waals surface area contributed by atoms with Gasteiger partial charge in [-0.15, -0.1) is 20.4 Å². The topological polar surface area (TPSA) is 128 Å². The second-order valence-corrected chi connectivity index (χ2v) is 8.20. The van der Waals surface area contributed by atoms with Gasteiger partial charge < -0.3 is 15.1 Å². The summed E-state index contributed by atoms with van der Waals surface area (Å²) in [5.74, 6) is -0.952. The van der Waals surface area contributed by atoms with Crippen LogP contribution >= 0.6 is 23.1 Å². The number of hydrogen-bond donors (Lipinski definition) is 2. The number of hydrogen-bond acceptors (Lipinski definition) is 9. The van der Waals surface area contributed by atoms with E-state index in [-0.39, 0.29) is 25.9 Å². The first kappa shape index (κ1) is 21.8. The highest BCUT2D eigenvalue weighted by Gasteiger charge is 2.12. The number of azo groups is 1. The van der Waals surface area contributed by atoms with Crippen LogP contribution in [-0.4, -0.2) is 51.2 Å². The maximum absolute atomic E-state index is 10.9. The van der Waals surface area contributed by atoms with Crippen molar-refractivity contribution in [1.29, 1.82) is 0 Å². The SMILES string of the molecule is CCSc1nnc(N=Nc2ccc(N(CCC(=O)O)CCC(=O)O)cc2C)s1. The molecule has 0 amide bonds. The van der Waals surface area contributed by atoms with Crippen LogP contribution in [-0.2, 0) is 9.59 Å². The third-order valence-electron chi connectivity index (χ3n) is 3.64. The van der Waals surface area contributed by atoms with Crippen LogP contribution in [0.15, 0.2) is 32.8 Å². The summed E-state index contributed by atoms with van der Waals surface area (Å²) in [5, 5.41) is 34.6. The first-order valence-electron chi connectivity index (χ1n) is 8.56. The van der Waals surface area contributed by atoms with E-state index in [1.54, 1.807) is 28.8 Å². The molecule has 0 aliphatic heterocycles. The highest BCUT2D eigenvalue weighted by atomic mass is 32.2. The van der Waals surface area contributed by atoms with E-state index in [2.05, 4.69) is 20.4 Å². The normalized spacial score (nSPS) is 11.1. The first-order chi connectivity index (χ1) is 13.4. The number of rotatable bonds is 11. The molecule has 0 aliphatic rings. The fourth-order valence-corrected chi connectivity index (χ4v) is 3.86. The average molecular weight is 424 g/mol. The third kappa shape index (κ3) is 6.89. The lowest BCUT2D eigenvalue weighted by atomic mass is 10.1. The molecule has 0 bridgehead atoms. The largest absolute Gasteiger partial charge is 0.481 e. The minimum atomic E-state index is -0.930. The number of thioether (sulfide) groups is 1. The second-order valence-electron chi connectivity index (χ2n) is 5.73. The van der Waals surface area contributed by atoms with Gasteiger partial charge in [-0.2, -0.15) is 0 Å². The van der Waals surface area contributed by atoms with Crippen molar-refractivity contribution < 1.29 is 19.8 Å². The van der Waals surface area contributed by atoms with Crippen LogP contribution in [0.25, 0.3) is 0 Å². The van der Waals surface area contributed by atoms with Crippen LogP contribution in [0.5, 0.6) is 0 Å². The van der Waals surface area contributed by atoms with Crippen molar-refractivity contribution in [2.75, 3.05) is 23.7 Å². The summed E-state index contributed by atoms with van der Waals surface area (Å²) >= 11 is 2.96. The number of aliphatic carboxylic acids is 2. The van der Waals surface area contributed by atoms with Gasteiger partial charge in [0.2, 0.25) is 0 Å². The zero-order chi connectivity index (χ0) is 20.5. The van der Waals surface area contributed by atoms with Gasteiger partial charge in [-0.1, -0.05) is 30.0 Å². The van der Waals surface area contributed by atoms with Crippen molar-refractivity contribution in [2.45, 2.75) is 31.0 Å². The summed E-state index contributed by atoms with van der Waals surface area (Å²) < 4.78 is 0.844. The van der Waals surface area contributed by atoms with Gasteiger partial charge in [0, 0.05) is 18.8 Å². The van der Waals surface area contributed by atoms with E-state index in [1.165, 1.54) is 11.3 Å². The standard InChI is InChI=1S/C17H21N5O4S2/c1-3-27-17-21-20-16(28-17)19-18-13-5-4-12(10-11(13)2)22(8-6-14(23)24)9-7-15(25)26/h4-5,10H,3,6-9H2,1-2H3,(H,23,24)(H,25,26). The molecule has 0 atom stereocenters. The van der Waals surface area contributed by atoms with Gasteiger partial charge in [0.15, 0.2) is 4.34 Å². The molecular formula is C17H21N5O4S2. The van der Waals surface area contributed by atoms with E-state index in [4.69, 9.17) is 10.2 Å². The van der Waals surface area contributed by atoms with Gasteiger partial charge in [-0.05, 0) is 36.4 Å². The maximum Gasteiger partial charge on any atom is 0.305 e. The molecule has 0 aliphatic carbocycles. The molecule has 0 spiro atoms. The summed E-state index contributed by atoms with van der Waals surface area (Å²) in [6.45, 7) is 4.36. The quantitative estimate of drug-likeness (QED) is 0.408. The fourth-order valence-electron chi connectivity index (χ4n) is 2.30. The molecule has 0 saturated carbocycles. The van der Waals surface area contributed by atoms with Crippen molar-refractivity contribution in [3.8, 4) is 0 Å². The van der Waals surface area contributed by atoms with E-state index in [0.29, 0.717) is 10.8 Å². The minimum Gasteiger partial charge on any atom is -0.481 e. The first-order valence-corrected chi connectivity index (χ1v) is 10.4. The number of carbonyl (C=O) groups is 2. The number of anilines is 1. The van der Waals surface area contributed by atoms with Gasteiger partial charge in [0.25, 0.3) is 5.13 Å². The van der Waals surface area contributed by atoms with Gasteiger partial charge in [-0.25, -0.2) is 0 Å². The lowest BCUT2D eigenvalue weighted by Crippen LogP contribution is -2.28. The van der Waals surface area contributed by atoms with E-state index in [0.717, 1.165) is 21.3 Å². The van der Waals surface area contributed by atoms with Gasteiger partial charge in [-0.3, -0.25) is 9.59 Å². The molecule has 11 heteroatoms. The Morgan fingerprint density at radius 1 is 1.14 bits per heavy atom. The van der Waals surface area contributed by atoms with Crippen molar-refractivity contribution in [1.82, 2.24) is 10.2 Å². The van der Waals surface area contributed by atoms with Crippen LogP contribution in [0.1, 0.15) is 25.3 Å². The summed E-state index contributed by atoms with van der Waals surface area (Å²) in [5.41, 5.74) is 2.24. The summed E-state index contributed by atoms with van der Waals surface area (Å²) in [4.78, 5) is 23.5. The number of aromatic nitrogens is 2. The van der Waals surface area contributed by atoms with Crippen molar-refractivity contribution in [2.24, 2.45) is 10.2 Å². The van der Waals surface area contributed by atoms with Crippen LogP contribution in [0.2, 0.25) is 0 Å². The van der Waals surface area contributed by atoms with Crippen LogP contribution < -0.4 is 4.90 Å². The maximum atomic E-state index is 10.9. The van der Waals surface area contributed by atoms with Crippen LogP contribution in [0.4, 0.5) is 16.5 Å². The van der Waals surface area contributed by atoms with E-state index >= 15 is 0 Å². The Labute approximate surface area is 170 Å². The highest BCUT2D eigenvalue weighted by molar-refractivity contribution is 8.01. The Hall–Kier alpha value is -2.53. The van der Waals surface area contributed by atoms with E-state index < -0.39 is 11.9 Å². The second kappa shape index (κ2) is 10.7. The molecule has 28 heavy (non-hydrogen) atoms. The number of carboxylic acid groups (broad SMARTS) is 2. The van der Waals surface area contributed by atoms with Gasteiger partial charge >= 0.3 is 11.9 Å². The Balaban J connectivity index is 2.13. The average Bonchev–Trinajstić information content (AvgIpc) is 3.08. The molecule has 2 aromatic rings. The van der Waals surface area contributed by atoms with Gasteiger partial charge in [0.05, 0.1) is 18.5 Å². The zero-order valence-corrected chi connectivity index (χ0v) is 17.2. The van der Waals surface area contributed by atoms with E-state index in [9.17, 15) is 9.59 Å². The van der Waals surface area contributed by atoms with Gasteiger partial charge in [0.1, 0.15) is 0 Å². The molecule has 0 fully saturated rings. The molecule has 0 saturated heterocycles. The molecule has 1 aromatic carbocycles. The van der Waals surface area contributed by atoms with Crippen molar-refractivity contribution >= 4 is 51.5 Å². The monoisotopic (exact) mass is 423 g/mol. The molecule has 2 N–H and O–H groups in total. The Morgan fingerprint density at radius 3 is 2.39 bits per heavy atom. The van der Waals surface area contributed by atoms with Crippen LogP contribution in [0.3, 0.4) is 0 Å². The van der Waals surface area contributed by atoms with Crippen molar-refractivity contribution in [3.05, 3.63) is 23.8 Å². The molecule has 150 valence electrons. The molecule has 1 heterocycles. The summed E-state index contributed by atoms with van der Waals surface area (Å²) in [7, 11) is 0. The highest BCUT2D eigenvalue weighted by Crippen LogP contribution is 2.30. The van der Waals surface area contributed by atoms with Crippen LogP contribution in [0, 0.1) is 6.92 Å². The molecule has 1 aromatic heterocycles. The Kier molecular flexibility index (Phi) is 8.33. The molecule has 0 radical (unpaired) electrons. The van der Waals surface area contributed by atoms with Crippen molar-refractivity contribution in [3.63, 3.8) is 0 Å². The summed E-state index contributed by atoms with van der Waals surface area (Å²) in [6.07, 6.45) is -0.148. The Morgan fingerprint density at radius 2 is 1.82 bits per heavy atom. The molecular weight excluding hydrogens is 402 g/mol. The number of aryl methyl sites for hydroxylation is 1.